The Hall–Kier alpha value is -1.86. The van der Waals surface area contributed by atoms with Crippen LogP contribution in [-0.4, -0.2) is 36.1 Å². The van der Waals surface area contributed by atoms with E-state index in [2.05, 4.69) is 5.32 Å². The molecule has 6 nitrogen and oxygen atoms in total. The van der Waals surface area contributed by atoms with Crippen molar-refractivity contribution in [2.45, 2.75) is 45.4 Å². The zero-order chi connectivity index (χ0) is 17.6. The molecule has 0 aliphatic rings. The molecule has 4 N–H and O–H groups in total. The minimum absolute atomic E-state index is 0.0700. The van der Waals surface area contributed by atoms with E-state index >= 15 is 0 Å². The lowest BCUT2D eigenvalue weighted by atomic mass is 10.1. The van der Waals surface area contributed by atoms with Crippen LogP contribution in [0.2, 0.25) is 0 Å². The molecule has 7 heteroatoms. The van der Waals surface area contributed by atoms with Crippen molar-refractivity contribution in [1.82, 2.24) is 5.32 Å². The van der Waals surface area contributed by atoms with Crippen LogP contribution in [0.15, 0.2) is 18.2 Å². The molecule has 0 aliphatic heterocycles. The maximum absolute atomic E-state index is 13.3. The number of nitrogens with one attached hydrogen (secondary N) is 1. The van der Waals surface area contributed by atoms with Gasteiger partial charge >= 0.3 is 6.09 Å². The Morgan fingerprint density at radius 2 is 2.09 bits per heavy atom. The average Bonchev–Trinajstić information content (AvgIpc) is 2.42. The molecular formula is C16H25FN2O4. The minimum atomic E-state index is -0.844. The van der Waals surface area contributed by atoms with Crippen molar-refractivity contribution in [3.63, 3.8) is 0 Å². The van der Waals surface area contributed by atoms with E-state index in [0.29, 0.717) is 11.3 Å². The van der Waals surface area contributed by atoms with Crippen LogP contribution >= 0.6 is 0 Å². The van der Waals surface area contributed by atoms with Crippen LogP contribution in [0.5, 0.6) is 5.75 Å². The molecule has 1 rings (SSSR count). The van der Waals surface area contributed by atoms with Crippen molar-refractivity contribution in [3.8, 4) is 5.75 Å². The van der Waals surface area contributed by atoms with Gasteiger partial charge in [0.25, 0.3) is 0 Å². The van der Waals surface area contributed by atoms with Crippen molar-refractivity contribution in [3.05, 3.63) is 29.6 Å². The Bertz CT molecular complexity index is 529. The number of carbonyl (C=O) groups is 1. The molecule has 23 heavy (non-hydrogen) atoms. The van der Waals surface area contributed by atoms with Gasteiger partial charge < -0.3 is 25.6 Å². The van der Waals surface area contributed by atoms with Gasteiger partial charge in [-0.15, -0.1) is 0 Å². The molecule has 1 aromatic rings. The first-order valence-electron chi connectivity index (χ1n) is 7.40. The maximum atomic E-state index is 13.3. The van der Waals surface area contributed by atoms with Gasteiger partial charge in [-0.25, -0.2) is 9.18 Å². The molecule has 1 aromatic carbocycles. The molecule has 0 heterocycles. The highest BCUT2D eigenvalue weighted by Crippen LogP contribution is 2.25. The zero-order valence-corrected chi connectivity index (χ0v) is 13.9. The highest BCUT2D eigenvalue weighted by molar-refractivity contribution is 5.68. The lowest BCUT2D eigenvalue weighted by molar-refractivity contribution is 0.0256. The number of nitrogens with two attached hydrogens (primary N) is 1. The van der Waals surface area contributed by atoms with Crippen LogP contribution in [0.25, 0.3) is 0 Å². The highest BCUT2D eigenvalue weighted by atomic mass is 19.1. The van der Waals surface area contributed by atoms with E-state index in [9.17, 15) is 14.3 Å². The summed E-state index contributed by atoms with van der Waals surface area (Å²) in [5.74, 6) is -0.0242. The van der Waals surface area contributed by atoms with E-state index in [1.54, 1.807) is 6.92 Å². The number of carbonyl (C=O) groups excluding carboxylic acids is 1. The van der Waals surface area contributed by atoms with Gasteiger partial charge in [-0.05, 0) is 45.9 Å². The number of rotatable bonds is 6. The summed E-state index contributed by atoms with van der Waals surface area (Å²) in [6.07, 6.45) is -1.49. The normalized spacial score (nSPS) is 14.0. The second-order valence-corrected chi connectivity index (χ2v) is 6.37. The number of ether oxygens (including phenoxy) is 2. The third kappa shape index (κ3) is 6.83. The fourth-order valence-electron chi connectivity index (χ4n) is 1.80. The topological polar surface area (TPSA) is 93.8 Å². The molecule has 0 radical (unpaired) electrons. The summed E-state index contributed by atoms with van der Waals surface area (Å²) in [6, 6.07) is 3.58. The summed E-state index contributed by atoms with van der Waals surface area (Å²) < 4.78 is 23.9. The van der Waals surface area contributed by atoms with E-state index in [0.717, 1.165) is 0 Å². The number of aliphatic hydroxyl groups excluding tert-OH is 1. The van der Waals surface area contributed by atoms with Crippen molar-refractivity contribution in [1.29, 1.82) is 0 Å². The number of aliphatic hydroxyl groups is 1. The zero-order valence-electron chi connectivity index (χ0n) is 13.9. The third-order valence-corrected chi connectivity index (χ3v) is 2.84. The van der Waals surface area contributed by atoms with Crippen LogP contribution < -0.4 is 15.8 Å². The molecule has 0 saturated heterocycles. The van der Waals surface area contributed by atoms with E-state index in [4.69, 9.17) is 15.2 Å². The Labute approximate surface area is 135 Å². The van der Waals surface area contributed by atoms with Gasteiger partial charge in [0, 0.05) is 17.1 Å². The monoisotopic (exact) mass is 328 g/mol. The predicted octanol–water partition coefficient (Wildman–Crippen LogP) is 2.11. The van der Waals surface area contributed by atoms with Gasteiger partial charge in [-0.1, -0.05) is 0 Å². The molecule has 0 aromatic heterocycles. The Morgan fingerprint density at radius 3 is 2.61 bits per heavy atom. The summed E-state index contributed by atoms with van der Waals surface area (Å²) in [5, 5.41) is 11.9. The van der Waals surface area contributed by atoms with E-state index < -0.39 is 36.2 Å². The van der Waals surface area contributed by atoms with Crippen LogP contribution in [0.4, 0.5) is 9.18 Å². The second kappa shape index (κ2) is 8.12. The van der Waals surface area contributed by atoms with Crippen molar-refractivity contribution in [2.75, 3.05) is 13.2 Å². The molecule has 1 unspecified atom stereocenters. The van der Waals surface area contributed by atoms with Crippen molar-refractivity contribution in [2.24, 2.45) is 5.73 Å². The van der Waals surface area contributed by atoms with Crippen LogP contribution in [0.3, 0.4) is 0 Å². The predicted molar refractivity (Wildman–Crippen MR) is 84.7 cm³/mol. The van der Waals surface area contributed by atoms with Gasteiger partial charge in [0.15, 0.2) is 6.10 Å². The molecule has 0 spiro atoms. The smallest absolute Gasteiger partial charge is 0.408 e. The number of hydrogen-bond acceptors (Lipinski definition) is 5. The fraction of sp³-hybridized carbons (Fsp3) is 0.562. The molecule has 0 bridgehead atoms. The highest BCUT2D eigenvalue weighted by Gasteiger charge is 2.20. The fourth-order valence-corrected chi connectivity index (χ4v) is 1.80. The molecule has 130 valence electrons. The van der Waals surface area contributed by atoms with Gasteiger partial charge in [0.05, 0.1) is 6.61 Å². The molecule has 0 saturated carbocycles. The Kier molecular flexibility index (Phi) is 6.78. The molecule has 0 fully saturated rings. The number of amides is 1. The Balaban J connectivity index is 2.66. The molecule has 1 amide bonds. The number of benzene rings is 1. The summed E-state index contributed by atoms with van der Waals surface area (Å²) in [4.78, 5) is 11.7. The molecular weight excluding hydrogens is 303 g/mol. The number of halogens is 1. The van der Waals surface area contributed by atoms with E-state index in [1.165, 1.54) is 18.2 Å². The summed E-state index contributed by atoms with van der Waals surface area (Å²) in [7, 11) is 0. The van der Waals surface area contributed by atoms with E-state index in [1.807, 2.05) is 20.8 Å². The Morgan fingerprint density at radius 1 is 1.43 bits per heavy atom. The molecule has 0 aliphatic carbocycles. The van der Waals surface area contributed by atoms with Crippen LogP contribution in [-0.2, 0) is 4.74 Å². The summed E-state index contributed by atoms with van der Waals surface area (Å²) in [6.45, 7) is 6.68. The minimum Gasteiger partial charge on any atom is -0.489 e. The summed E-state index contributed by atoms with van der Waals surface area (Å²) >= 11 is 0. The largest absolute Gasteiger partial charge is 0.489 e. The lowest BCUT2D eigenvalue weighted by Gasteiger charge is -2.23. The average molecular weight is 328 g/mol. The number of hydrogen-bond donors (Lipinski definition) is 3. The first-order valence-corrected chi connectivity index (χ1v) is 7.40. The first-order chi connectivity index (χ1) is 10.6. The van der Waals surface area contributed by atoms with Gasteiger partial charge in [-0.3, -0.25) is 0 Å². The first kappa shape index (κ1) is 19.2. The molecule has 2 atom stereocenters. The van der Waals surface area contributed by atoms with Crippen molar-refractivity contribution < 1.29 is 23.8 Å². The summed E-state index contributed by atoms with van der Waals surface area (Å²) in [5.41, 5.74) is 5.83. The van der Waals surface area contributed by atoms with Gasteiger partial charge in [0.1, 0.15) is 18.2 Å². The lowest BCUT2D eigenvalue weighted by Crippen LogP contribution is -2.43. The number of alkyl carbamates (subject to hydrolysis) is 1. The van der Waals surface area contributed by atoms with Crippen LogP contribution in [0.1, 0.15) is 39.3 Å². The maximum Gasteiger partial charge on any atom is 0.408 e. The van der Waals surface area contributed by atoms with Gasteiger partial charge in [-0.2, -0.15) is 0 Å². The second-order valence-electron chi connectivity index (χ2n) is 6.37. The quantitative estimate of drug-likeness (QED) is 0.743. The third-order valence-electron chi connectivity index (χ3n) is 2.84. The SMILES string of the molecule is C[C@@H](N)c1cc(F)ccc1OCC(CO)OC(=O)NC(C)(C)C. The standard InChI is InChI=1S/C16H25FN2O4/c1-10(18)13-7-11(17)5-6-14(13)22-9-12(8-20)23-15(21)19-16(2,3)4/h5-7,10,12,20H,8-9,18H2,1-4H3,(H,19,21)/t10-,12?/m1/s1. The van der Waals surface area contributed by atoms with Crippen molar-refractivity contribution >= 4 is 6.09 Å². The van der Waals surface area contributed by atoms with Gasteiger partial charge in [0.2, 0.25) is 0 Å². The van der Waals surface area contributed by atoms with Crippen LogP contribution in [0, 0.1) is 5.82 Å². The van der Waals surface area contributed by atoms with E-state index in [-0.39, 0.29) is 6.61 Å².